The number of nitrogens with one attached hydrogen (secondary N) is 2. The van der Waals surface area contributed by atoms with Gasteiger partial charge in [-0.05, 0) is 23.3 Å². The SMILES string of the molecule is O=C(NCCc1nc2c(NCc3ncccc3F)nc(OCc3ccccc3)cc2o1)OCc1ccccc1. The molecule has 2 N–H and O–H groups in total. The Kier molecular flexibility index (Phi) is 8.22. The highest BCUT2D eigenvalue weighted by atomic mass is 19.1. The van der Waals surface area contributed by atoms with E-state index in [0.29, 0.717) is 41.7 Å². The van der Waals surface area contributed by atoms with Gasteiger partial charge in [0.15, 0.2) is 22.8 Å². The Morgan fingerprint density at radius 1 is 0.923 bits per heavy atom. The molecule has 0 atom stereocenters. The molecule has 0 aliphatic carbocycles. The fourth-order valence-corrected chi connectivity index (χ4v) is 3.75. The van der Waals surface area contributed by atoms with Gasteiger partial charge in [0.2, 0.25) is 5.88 Å². The molecule has 1 amide bonds. The van der Waals surface area contributed by atoms with Crippen molar-refractivity contribution in [1.29, 1.82) is 0 Å². The van der Waals surface area contributed by atoms with E-state index in [1.807, 2.05) is 60.7 Å². The Morgan fingerprint density at radius 3 is 2.41 bits per heavy atom. The number of hydrogen-bond acceptors (Lipinski definition) is 8. The van der Waals surface area contributed by atoms with E-state index in [2.05, 4.69) is 25.6 Å². The van der Waals surface area contributed by atoms with E-state index in [9.17, 15) is 9.18 Å². The number of fused-ring (bicyclic) bond motifs is 1. The topological polar surface area (TPSA) is 111 Å². The zero-order chi connectivity index (χ0) is 26.9. The summed E-state index contributed by atoms with van der Waals surface area (Å²) in [7, 11) is 0. The van der Waals surface area contributed by atoms with Gasteiger partial charge in [0.25, 0.3) is 0 Å². The van der Waals surface area contributed by atoms with E-state index in [1.54, 1.807) is 6.07 Å². The molecule has 9 nitrogen and oxygen atoms in total. The van der Waals surface area contributed by atoms with Crippen molar-refractivity contribution in [2.45, 2.75) is 26.2 Å². The number of nitrogens with zero attached hydrogens (tertiary/aromatic N) is 3. The predicted octanol–water partition coefficient (Wildman–Crippen LogP) is 5.42. The Morgan fingerprint density at radius 2 is 1.67 bits per heavy atom. The van der Waals surface area contributed by atoms with Crippen LogP contribution in [0.4, 0.5) is 15.0 Å². The van der Waals surface area contributed by atoms with Crippen LogP contribution in [0.2, 0.25) is 0 Å². The summed E-state index contributed by atoms with van der Waals surface area (Å²) in [4.78, 5) is 25.2. The highest BCUT2D eigenvalue weighted by molar-refractivity contribution is 5.85. The summed E-state index contributed by atoms with van der Waals surface area (Å²) in [6.07, 6.45) is 1.31. The molecule has 0 aliphatic heterocycles. The average molecular weight is 528 g/mol. The molecule has 0 spiro atoms. The molecule has 0 radical (unpaired) electrons. The zero-order valence-electron chi connectivity index (χ0n) is 21.0. The number of benzene rings is 2. The van der Waals surface area contributed by atoms with E-state index in [1.165, 1.54) is 18.3 Å². The Bertz CT molecular complexity index is 1530. The van der Waals surface area contributed by atoms with Crippen LogP contribution < -0.4 is 15.4 Å². The highest BCUT2D eigenvalue weighted by Crippen LogP contribution is 2.27. The first-order valence-corrected chi connectivity index (χ1v) is 12.4. The lowest BCUT2D eigenvalue weighted by Crippen LogP contribution is -2.26. The summed E-state index contributed by atoms with van der Waals surface area (Å²) >= 11 is 0. The number of ether oxygens (including phenoxy) is 2. The fraction of sp³-hybridized carbons (Fsp3) is 0.172. The van der Waals surface area contributed by atoms with E-state index in [-0.39, 0.29) is 25.4 Å². The van der Waals surface area contributed by atoms with Gasteiger partial charge in [0.1, 0.15) is 19.0 Å². The molecule has 10 heteroatoms. The number of alkyl carbamates (subject to hydrolysis) is 1. The normalized spacial score (nSPS) is 10.8. The largest absolute Gasteiger partial charge is 0.473 e. The van der Waals surface area contributed by atoms with E-state index in [0.717, 1.165) is 11.1 Å². The summed E-state index contributed by atoms with van der Waals surface area (Å²) in [5.74, 6) is 0.651. The number of aromatic nitrogens is 3. The van der Waals surface area contributed by atoms with Crippen LogP contribution >= 0.6 is 0 Å². The van der Waals surface area contributed by atoms with Gasteiger partial charge < -0.3 is 24.5 Å². The smallest absolute Gasteiger partial charge is 0.407 e. The van der Waals surface area contributed by atoms with E-state index >= 15 is 0 Å². The summed E-state index contributed by atoms with van der Waals surface area (Å²) in [5, 5.41) is 5.79. The Labute approximate surface area is 224 Å². The third-order valence-corrected chi connectivity index (χ3v) is 5.71. The molecule has 3 aromatic heterocycles. The molecule has 0 unspecified atom stereocenters. The monoisotopic (exact) mass is 527 g/mol. The minimum atomic E-state index is -0.534. The Hall–Kier alpha value is -4.99. The van der Waals surface area contributed by atoms with Crippen molar-refractivity contribution in [3.05, 3.63) is 114 Å². The van der Waals surface area contributed by atoms with Crippen molar-refractivity contribution in [2.24, 2.45) is 0 Å². The van der Waals surface area contributed by atoms with Crippen molar-refractivity contribution >= 4 is 23.0 Å². The molecular formula is C29H26FN5O4. The number of pyridine rings is 2. The fourth-order valence-electron chi connectivity index (χ4n) is 3.75. The first-order valence-electron chi connectivity index (χ1n) is 12.4. The van der Waals surface area contributed by atoms with Gasteiger partial charge >= 0.3 is 6.09 Å². The average Bonchev–Trinajstić information content (AvgIpc) is 3.38. The molecule has 0 fully saturated rings. The van der Waals surface area contributed by atoms with Crippen LogP contribution in [0.1, 0.15) is 22.7 Å². The number of amides is 1. The quantitative estimate of drug-likeness (QED) is 0.234. The minimum Gasteiger partial charge on any atom is -0.473 e. The van der Waals surface area contributed by atoms with Crippen LogP contribution in [0.25, 0.3) is 11.1 Å². The van der Waals surface area contributed by atoms with Crippen LogP contribution in [-0.4, -0.2) is 27.6 Å². The van der Waals surface area contributed by atoms with Gasteiger partial charge in [0.05, 0.1) is 12.2 Å². The summed E-state index contributed by atoms with van der Waals surface area (Å²) in [6.45, 7) is 0.837. The molecule has 5 rings (SSSR count). The van der Waals surface area contributed by atoms with Gasteiger partial charge in [-0.1, -0.05) is 60.7 Å². The molecule has 39 heavy (non-hydrogen) atoms. The second-order valence-electron chi connectivity index (χ2n) is 8.56. The first-order chi connectivity index (χ1) is 19.1. The maximum atomic E-state index is 14.1. The van der Waals surface area contributed by atoms with Gasteiger partial charge in [-0.2, -0.15) is 4.98 Å². The number of carbonyl (C=O) groups excluding carboxylic acids is 1. The molecule has 3 heterocycles. The molecule has 0 saturated carbocycles. The van der Waals surface area contributed by atoms with Gasteiger partial charge in [-0.3, -0.25) is 4.98 Å². The molecule has 198 valence electrons. The van der Waals surface area contributed by atoms with Gasteiger partial charge in [-0.15, -0.1) is 0 Å². The number of carbonyl (C=O) groups is 1. The number of oxazole rings is 1. The molecule has 0 bridgehead atoms. The maximum Gasteiger partial charge on any atom is 0.407 e. The zero-order valence-corrected chi connectivity index (χ0v) is 21.0. The highest BCUT2D eigenvalue weighted by Gasteiger charge is 2.16. The number of hydrogen-bond donors (Lipinski definition) is 2. The van der Waals surface area contributed by atoms with Crippen LogP contribution in [0, 0.1) is 5.82 Å². The second-order valence-corrected chi connectivity index (χ2v) is 8.56. The lowest BCUT2D eigenvalue weighted by Gasteiger charge is -2.09. The van der Waals surface area contributed by atoms with E-state index in [4.69, 9.17) is 13.9 Å². The van der Waals surface area contributed by atoms with E-state index < -0.39 is 11.9 Å². The molecule has 2 aromatic carbocycles. The van der Waals surface area contributed by atoms with Crippen molar-refractivity contribution in [2.75, 3.05) is 11.9 Å². The third kappa shape index (κ3) is 7.07. The van der Waals surface area contributed by atoms with Crippen LogP contribution in [0.5, 0.6) is 5.88 Å². The first kappa shape index (κ1) is 25.7. The lowest BCUT2D eigenvalue weighted by atomic mass is 10.2. The van der Waals surface area contributed by atoms with Gasteiger partial charge in [0, 0.05) is 25.2 Å². The maximum absolute atomic E-state index is 14.1. The van der Waals surface area contributed by atoms with Gasteiger partial charge in [-0.25, -0.2) is 14.2 Å². The molecule has 0 saturated heterocycles. The third-order valence-electron chi connectivity index (χ3n) is 5.71. The molecule has 5 aromatic rings. The van der Waals surface area contributed by atoms with Crippen molar-refractivity contribution in [3.63, 3.8) is 0 Å². The standard InChI is InChI=1S/C29H26FN5O4/c30-22-12-7-14-31-23(22)17-33-28-27-24(16-26(35-28)37-18-20-8-3-1-4-9-20)39-25(34-27)13-15-32-29(36)38-19-21-10-5-2-6-11-21/h1-12,14,16H,13,15,17-19H2,(H,32,36)(H,33,35). The van der Waals surface area contributed by atoms with Crippen LogP contribution in [0.15, 0.2) is 89.5 Å². The number of halogens is 1. The van der Waals surface area contributed by atoms with Crippen molar-refractivity contribution < 1.29 is 23.1 Å². The number of rotatable bonds is 11. The van der Waals surface area contributed by atoms with Crippen LogP contribution in [-0.2, 0) is 30.9 Å². The lowest BCUT2D eigenvalue weighted by molar-refractivity contribution is 0.139. The summed E-state index contributed by atoms with van der Waals surface area (Å²) in [6, 6.07) is 23.6. The number of anilines is 1. The minimum absolute atomic E-state index is 0.0912. The second kappa shape index (κ2) is 12.5. The summed E-state index contributed by atoms with van der Waals surface area (Å²) in [5.41, 5.74) is 3.02. The summed E-state index contributed by atoms with van der Waals surface area (Å²) < 4.78 is 31.2. The predicted molar refractivity (Wildman–Crippen MR) is 142 cm³/mol. The van der Waals surface area contributed by atoms with Crippen molar-refractivity contribution in [1.82, 2.24) is 20.3 Å². The Balaban J connectivity index is 1.26. The van der Waals surface area contributed by atoms with Crippen LogP contribution in [0.3, 0.4) is 0 Å². The molecular weight excluding hydrogens is 501 g/mol. The molecule has 0 aliphatic rings. The van der Waals surface area contributed by atoms with Crippen molar-refractivity contribution in [3.8, 4) is 5.88 Å².